The van der Waals surface area contributed by atoms with Crippen molar-refractivity contribution in [1.82, 2.24) is 3.53 Å². The number of hydrogen-bond donors (Lipinski definition) is 4. The van der Waals surface area contributed by atoms with Crippen LogP contribution in [0.25, 0.3) is 0 Å². The summed E-state index contributed by atoms with van der Waals surface area (Å²) in [6.07, 6.45) is 31.4. The van der Waals surface area contributed by atoms with Crippen LogP contribution in [0, 0.1) is 0 Å². The van der Waals surface area contributed by atoms with Gasteiger partial charge in [0.25, 0.3) is 0 Å². The van der Waals surface area contributed by atoms with Gasteiger partial charge in [-0.25, -0.2) is 0 Å². The Bertz CT molecular complexity index is 779. The molecule has 0 bridgehead atoms. The summed E-state index contributed by atoms with van der Waals surface area (Å²) in [7, 11) is -2.61. The van der Waals surface area contributed by atoms with E-state index in [0.29, 0.717) is 13.0 Å². The van der Waals surface area contributed by atoms with Crippen LogP contribution in [0.5, 0.6) is 0 Å². The number of hydrogen-bond acceptors (Lipinski definition) is 11. The van der Waals surface area contributed by atoms with E-state index in [4.69, 9.17) is 23.0 Å². The predicted octanol–water partition coefficient (Wildman–Crippen LogP) is 11.2. The molecule has 51 heavy (non-hydrogen) atoms. The molecule has 0 rings (SSSR count). The molecule has 2 N–H and O–H groups in total. The van der Waals surface area contributed by atoms with E-state index in [-0.39, 0.29) is 38.2 Å². The Kier molecular flexibility index (Phi) is 40.7. The molecule has 0 aliphatic rings. The first-order valence-electron chi connectivity index (χ1n) is 20.4. The molecule has 0 saturated carbocycles. The topological polar surface area (TPSA) is 113 Å². The smallest absolute Gasteiger partial charge is 0.179 e. The van der Waals surface area contributed by atoms with Crippen LogP contribution >= 0.6 is 56.3 Å². The molecule has 0 aromatic heterocycles. The van der Waals surface area contributed by atoms with Gasteiger partial charge < -0.3 is 0 Å². The molecule has 0 amide bonds. The molecule has 0 aromatic rings. The Morgan fingerprint density at radius 3 is 1.33 bits per heavy atom. The Balaban J connectivity index is 4.29. The van der Waals surface area contributed by atoms with Crippen molar-refractivity contribution in [2.24, 2.45) is 0 Å². The van der Waals surface area contributed by atoms with Crippen LogP contribution in [0.15, 0.2) is 0 Å². The van der Waals surface area contributed by atoms with Gasteiger partial charge in [-0.05, 0) is 24.3 Å². The fourth-order valence-corrected chi connectivity index (χ4v) is 7.59. The van der Waals surface area contributed by atoms with E-state index in [0.717, 1.165) is 50.0 Å². The van der Waals surface area contributed by atoms with Gasteiger partial charge in [0.2, 0.25) is 0 Å². The van der Waals surface area contributed by atoms with Crippen LogP contribution in [-0.4, -0.2) is 67.9 Å². The number of carbonyl (C=O) groups excluding carboxylic acids is 2. The van der Waals surface area contributed by atoms with E-state index in [1.54, 1.807) is 0 Å². The number of nitrogens with one attached hydrogen (secondary N) is 1. The average Bonchev–Trinajstić information content (AvgIpc) is 3.13. The number of carbonyl (C=O) groups is 2. The van der Waals surface area contributed by atoms with Crippen molar-refractivity contribution in [3.05, 3.63) is 0 Å². The van der Waals surface area contributed by atoms with Crippen molar-refractivity contribution in [1.29, 1.82) is 0 Å². The number of ether oxygens (including phenoxy) is 2. The molecule has 306 valence electrons. The Morgan fingerprint density at radius 1 is 0.588 bits per heavy atom. The summed E-state index contributed by atoms with van der Waals surface area (Å²) >= 11 is 10.5. The molecule has 0 fully saturated rings. The third kappa shape index (κ3) is 37.3. The number of thiol groups is 2. The third-order valence-electron chi connectivity index (χ3n) is 9.00. The maximum atomic E-state index is 12.7. The van der Waals surface area contributed by atoms with Crippen LogP contribution < -0.4 is 3.53 Å². The van der Waals surface area contributed by atoms with Gasteiger partial charge in [-0.2, -0.15) is 25.3 Å². The van der Waals surface area contributed by atoms with Crippen molar-refractivity contribution >= 4 is 68.2 Å². The molecule has 0 saturated heterocycles. The predicted molar refractivity (Wildman–Crippen MR) is 229 cm³/mol. The van der Waals surface area contributed by atoms with E-state index >= 15 is 0 Å². The second-order valence-electron chi connectivity index (χ2n) is 13.7. The zero-order valence-electron chi connectivity index (χ0n) is 32.2. The first-order valence-corrected chi connectivity index (χ1v) is 24.4. The maximum absolute atomic E-state index is 12.7. The molecule has 0 heterocycles. The molecular weight excluding hydrogens is 820 g/mol. The van der Waals surface area contributed by atoms with Crippen molar-refractivity contribution in [2.75, 3.05) is 45.0 Å². The number of halogens is 1. The zero-order valence-corrected chi connectivity index (χ0v) is 37.1. The van der Waals surface area contributed by atoms with Crippen molar-refractivity contribution in [3.8, 4) is 0 Å². The van der Waals surface area contributed by atoms with Gasteiger partial charge in [0.15, 0.2) is 0 Å². The summed E-state index contributed by atoms with van der Waals surface area (Å²) in [5, 5.41) is 0. The minimum Gasteiger partial charge on any atom is -0.179 e. The minimum absolute atomic E-state index is 0.140. The summed E-state index contributed by atoms with van der Waals surface area (Å²) in [4.78, 5) is 35.8. The third-order valence-corrected chi connectivity index (χ3v) is 11.8. The van der Waals surface area contributed by atoms with Crippen LogP contribution in [0.1, 0.15) is 180 Å². The van der Waals surface area contributed by atoms with Crippen LogP contribution in [0.4, 0.5) is 0 Å². The summed E-state index contributed by atoms with van der Waals surface area (Å²) in [6, 6.07) is 0. The fourth-order valence-electron chi connectivity index (χ4n) is 5.85. The summed E-state index contributed by atoms with van der Waals surface area (Å²) in [5.74, 6) is 1.32. The Labute approximate surface area is 338 Å². The van der Waals surface area contributed by atoms with Crippen LogP contribution in [0.2, 0.25) is 0 Å². The van der Waals surface area contributed by atoms with Crippen molar-refractivity contribution in [3.63, 3.8) is 0 Å². The Hall–Kier alpha value is 0.600. The van der Waals surface area contributed by atoms with E-state index in [2.05, 4.69) is 28.8 Å². The minimum atomic E-state index is -3.93. The average molecular weight is 898 g/mol. The van der Waals surface area contributed by atoms with Gasteiger partial charge in [0, 0.05) is 0 Å². The van der Waals surface area contributed by atoms with E-state index in [9.17, 15) is 14.5 Å². The van der Waals surface area contributed by atoms with Crippen LogP contribution in [0.3, 0.4) is 0 Å². The SMILES string of the molecule is CO[PH](O)(OCCNI)OC[C@H](COC(=O)CCCCCCCCCCCCCCCS)OC(=O)CCCCCCCCCCCCCCCS. The molecule has 0 unspecified atom stereocenters. The molecular formula is C38H77INO8PS2. The van der Waals surface area contributed by atoms with Crippen molar-refractivity contribution < 1.29 is 37.5 Å². The molecule has 0 aliphatic carbocycles. The summed E-state index contributed by atoms with van der Waals surface area (Å²) in [5.41, 5.74) is 0. The van der Waals surface area contributed by atoms with Gasteiger partial charge in [-0.15, -0.1) is 0 Å². The van der Waals surface area contributed by atoms with E-state index in [1.165, 1.54) is 136 Å². The van der Waals surface area contributed by atoms with Gasteiger partial charge in [0.05, 0.1) is 0 Å². The normalized spacial score (nSPS) is 12.6. The first-order chi connectivity index (χ1) is 24.9. The fraction of sp³-hybridized carbons (Fsp3) is 0.947. The molecule has 9 nitrogen and oxygen atoms in total. The second kappa shape index (κ2) is 40.3. The number of unbranched alkanes of at least 4 members (excludes halogenated alkanes) is 24. The monoisotopic (exact) mass is 897 g/mol. The molecule has 0 spiro atoms. The quantitative estimate of drug-likeness (QED) is 0.0119. The first kappa shape index (κ1) is 51.6. The molecule has 0 aliphatic heterocycles. The molecule has 0 aromatic carbocycles. The van der Waals surface area contributed by atoms with E-state index in [1.807, 2.05) is 22.9 Å². The summed E-state index contributed by atoms with van der Waals surface area (Å²) < 4.78 is 30.2. The van der Waals surface area contributed by atoms with Gasteiger partial charge in [0.1, 0.15) is 0 Å². The second-order valence-corrected chi connectivity index (χ2v) is 17.4. The molecule has 1 atom stereocenters. The van der Waals surface area contributed by atoms with E-state index < -0.39 is 14.3 Å². The van der Waals surface area contributed by atoms with Gasteiger partial charge in [-0.1, -0.05) is 83.5 Å². The number of esters is 2. The van der Waals surface area contributed by atoms with Crippen LogP contribution in [-0.2, 0) is 32.6 Å². The molecule has 0 radical (unpaired) electrons. The van der Waals surface area contributed by atoms with Gasteiger partial charge in [-0.3, -0.25) is 0 Å². The van der Waals surface area contributed by atoms with Crippen molar-refractivity contribution in [2.45, 2.75) is 186 Å². The standard InChI is InChI=1S/C38H77INO8PS2/c1-44-49(43,46-31-30-40-39)47-35-36(48-38(42)29-25-21-17-13-9-5-3-7-11-15-19-23-27-33-51)34-45-37(41)28-24-20-16-12-8-4-2-6-10-14-18-22-26-32-50/h36,40,43,49-51H,2-35H2,1H3/t36-/m0/s1. The Morgan fingerprint density at radius 2 is 0.961 bits per heavy atom. The summed E-state index contributed by atoms with van der Waals surface area (Å²) in [6.45, 7) is 0.346. The molecule has 13 heteroatoms. The number of rotatable bonds is 41. The zero-order chi connectivity index (χ0) is 37.5. The van der Waals surface area contributed by atoms with Gasteiger partial charge >= 0.3 is 207 Å².